The van der Waals surface area contributed by atoms with Gasteiger partial charge in [0.25, 0.3) is 0 Å². The van der Waals surface area contributed by atoms with Crippen LogP contribution in [0, 0.1) is 13.8 Å². The van der Waals surface area contributed by atoms with Crippen LogP contribution in [0.1, 0.15) is 22.4 Å². The molecule has 0 bridgehead atoms. The van der Waals surface area contributed by atoms with E-state index in [1.165, 1.54) is 0 Å². The molecule has 0 radical (unpaired) electrons. The Labute approximate surface area is 118 Å². The Morgan fingerprint density at radius 1 is 1.29 bits per heavy atom. The first-order chi connectivity index (χ1) is 9.71. The van der Waals surface area contributed by atoms with Crippen molar-refractivity contribution in [1.82, 2.24) is 9.78 Å². The van der Waals surface area contributed by atoms with Crippen molar-refractivity contribution in [3.63, 3.8) is 0 Å². The number of halogens is 3. The van der Waals surface area contributed by atoms with Crippen molar-refractivity contribution < 1.29 is 23.1 Å². The smallest absolute Gasteiger partial charge is 0.433 e. The third-order valence-corrected chi connectivity index (χ3v) is 3.11. The maximum atomic E-state index is 13.3. The number of alkyl halides is 3. The van der Waals surface area contributed by atoms with E-state index in [9.17, 15) is 18.0 Å². The van der Waals surface area contributed by atoms with Gasteiger partial charge in [-0.1, -0.05) is 18.2 Å². The van der Waals surface area contributed by atoms with Gasteiger partial charge in [-0.25, -0.2) is 4.68 Å². The van der Waals surface area contributed by atoms with Gasteiger partial charge in [-0.3, -0.25) is 4.79 Å². The average Bonchev–Trinajstić information content (AvgIpc) is 2.71. The van der Waals surface area contributed by atoms with E-state index < -0.39 is 24.3 Å². The lowest BCUT2D eigenvalue weighted by Crippen LogP contribution is -2.18. The Balaban J connectivity index is 2.70. The quantitative estimate of drug-likeness (QED) is 0.947. The van der Waals surface area contributed by atoms with Crippen LogP contribution in [0.4, 0.5) is 13.2 Å². The van der Waals surface area contributed by atoms with Crippen molar-refractivity contribution in [2.24, 2.45) is 0 Å². The number of aliphatic carboxylic acids is 1. The predicted molar refractivity (Wildman–Crippen MR) is 69.4 cm³/mol. The maximum absolute atomic E-state index is 13.3. The number of carboxylic acid groups (broad SMARTS) is 1. The number of rotatable bonds is 3. The summed E-state index contributed by atoms with van der Waals surface area (Å²) in [5, 5.41) is 12.5. The van der Waals surface area contributed by atoms with Crippen LogP contribution in [0.2, 0.25) is 0 Å². The molecule has 7 heteroatoms. The summed E-state index contributed by atoms with van der Waals surface area (Å²) < 4.78 is 40.6. The lowest BCUT2D eigenvalue weighted by Gasteiger charge is -2.15. The SMILES string of the molecule is Cc1cccc(C)c1-n1ncc(CC(=O)O)c1C(F)(F)F. The van der Waals surface area contributed by atoms with E-state index in [-0.39, 0.29) is 5.56 Å². The van der Waals surface area contributed by atoms with Crippen LogP contribution in [-0.4, -0.2) is 20.9 Å². The highest BCUT2D eigenvalue weighted by Gasteiger charge is 2.39. The highest BCUT2D eigenvalue weighted by molar-refractivity contribution is 5.70. The number of nitrogens with zero attached hydrogens (tertiary/aromatic N) is 2. The van der Waals surface area contributed by atoms with Crippen molar-refractivity contribution >= 4 is 5.97 Å². The molecule has 2 aromatic rings. The van der Waals surface area contributed by atoms with Crippen molar-refractivity contribution in [1.29, 1.82) is 0 Å². The molecule has 1 aromatic carbocycles. The number of carboxylic acids is 1. The third-order valence-electron chi connectivity index (χ3n) is 3.11. The summed E-state index contributed by atoms with van der Waals surface area (Å²) in [4.78, 5) is 10.7. The normalized spacial score (nSPS) is 11.7. The monoisotopic (exact) mass is 298 g/mol. The van der Waals surface area contributed by atoms with Crippen molar-refractivity contribution in [2.75, 3.05) is 0 Å². The molecule has 1 aromatic heterocycles. The minimum atomic E-state index is -4.68. The van der Waals surface area contributed by atoms with E-state index in [4.69, 9.17) is 5.11 Å². The molecule has 2 rings (SSSR count). The molecule has 4 nitrogen and oxygen atoms in total. The molecule has 0 amide bonds. The highest BCUT2D eigenvalue weighted by Crippen LogP contribution is 2.35. The number of para-hydroxylation sites is 1. The van der Waals surface area contributed by atoms with Crippen molar-refractivity contribution in [2.45, 2.75) is 26.4 Å². The summed E-state index contributed by atoms with van der Waals surface area (Å²) in [5.41, 5.74) is 0.192. The number of hydrogen-bond donors (Lipinski definition) is 1. The minimum absolute atomic E-state index is 0.321. The largest absolute Gasteiger partial charge is 0.481 e. The first-order valence-electron chi connectivity index (χ1n) is 6.14. The predicted octanol–water partition coefficient (Wildman–Crippen LogP) is 3.14. The fourth-order valence-corrected chi connectivity index (χ4v) is 2.29. The fraction of sp³-hybridized carbons (Fsp3) is 0.286. The number of aromatic nitrogens is 2. The Morgan fingerprint density at radius 2 is 1.86 bits per heavy atom. The van der Waals surface area contributed by atoms with Crippen LogP contribution in [0.15, 0.2) is 24.4 Å². The van der Waals surface area contributed by atoms with E-state index in [1.807, 2.05) is 0 Å². The molecule has 0 saturated carbocycles. The zero-order valence-electron chi connectivity index (χ0n) is 11.4. The second-order valence-electron chi connectivity index (χ2n) is 4.74. The molecule has 112 valence electrons. The molecule has 0 saturated heterocycles. The molecule has 21 heavy (non-hydrogen) atoms. The highest BCUT2D eigenvalue weighted by atomic mass is 19.4. The summed E-state index contributed by atoms with van der Waals surface area (Å²) in [6, 6.07) is 5.10. The van der Waals surface area contributed by atoms with Gasteiger partial charge < -0.3 is 5.11 Å². The van der Waals surface area contributed by atoms with E-state index >= 15 is 0 Å². The van der Waals surface area contributed by atoms with Gasteiger partial charge in [0.15, 0.2) is 5.69 Å². The van der Waals surface area contributed by atoms with E-state index in [2.05, 4.69) is 5.10 Å². The standard InChI is InChI=1S/C14H13F3N2O2/c1-8-4-3-5-9(2)12(8)19-13(14(15,16)17)10(7-18-19)6-11(20)21/h3-5,7H,6H2,1-2H3,(H,20,21). The second kappa shape index (κ2) is 5.23. The Morgan fingerprint density at radius 3 is 2.33 bits per heavy atom. The Bertz CT molecular complexity index is 670. The first-order valence-corrected chi connectivity index (χ1v) is 6.14. The third kappa shape index (κ3) is 2.91. The molecular formula is C14H13F3N2O2. The molecule has 1 heterocycles. The van der Waals surface area contributed by atoms with Gasteiger partial charge in [-0.2, -0.15) is 18.3 Å². The molecule has 0 aliphatic heterocycles. The zero-order chi connectivity index (χ0) is 15.8. The topological polar surface area (TPSA) is 55.1 Å². The second-order valence-corrected chi connectivity index (χ2v) is 4.74. The van der Waals surface area contributed by atoms with E-state index in [0.29, 0.717) is 16.8 Å². The summed E-state index contributed by atoms with van der Waals surface area (Å²) in [5.74, 6) is -1.33. The Hall–Kier alpha value is -2.31. The molecular weight excluding hydrogens is 285 g/mol. The number of carbonyl (C=O) groups is 1. The first kappa shape index (κ1) is 15.1. The van der Waals surface area contributed by atoms with Crippen LogP contribution in [-0.2, 0) is 17.4 Å². The van der Waals surface area contributed by atoms with Gasteiger partial charge in [0.1, 0.15) is 0 Å². The fourth-order valence-electron chi connectivity index (χ4n) is 2.29. The van der Waals surface area contributed by atoms with Crippen LogP contribution in [0.5, 0.6) is 0 Å². The minimum Gasteiger partial charge on any atom is -0.481 e. The van der Waals surface area contributed by atoms with Crippen LogP contribution < -0.4 is 0 Å². The summed E-state index contributed by atoms with van der Waals surface area (Å²) in [6.07, 6.45) is -4.45. The summed E-state index contributed by atoms with van der Waals surface area (Å²) in [7, 11) is 0. The number of hydrogen-bond acceptors (Lipinski definition) is 2. The van der Waals surface area contributed by atoms with Gasteiger partial charge in [0, 0.05) is 5.56 Å². The zero-order valence-corrected chi connectivity index (χ0v) is 11.4. The number of benzene rings is 1. The van der Waals surface area contributed by atoms with Gasteiger partial charge >= 0.3 is 12.1 Å². The lowest BCUT2D eigenvalue weighted by atomic mass is 10.1. The Kier molecular flexibility index (Phi) is 3.76. The van der Waals surface area contributed by atoms with Gasteiger partial charge in [0.2, 0.25) is 0 Å². The van der Waals surface area contributed by atoms with E-state index in [0.717, 1.165) is 10.9 Å². The van der Waals surface area contributed by atoms with Crippen LogP contribution >= 0.6 is 0 Å². The van der Waals surface area contributed by atoms with Gasteiger partial charge in [0.05, 0.1) is 18.3 Å². The van der Waals surface area contributed by atoms with Crippen LogP contribution in [0.3, 0.4) is 0 Å². The van der Waals surface area contributed by atoms with Crippen LogP contribution in [0.25, 0.3) is 5.69 Å². The maximum Gasteiger partial charge on any atom is 0.433 e. The molecule has 0 fully saturated rings. The van der Waals surface area contributed by atoms with Gasteiger partial charge in [-0.05, 0) is 25.0 Å². The van der Waals surface area contributed by atoms with Crippen molar-refractivity contribution in [3.05, 3.63) is 46.8 Å². The molecule has 0 aliphatic rings. The molecule has 0 spiro atoms. The number of aryl methyl sites for hydroxylation is 2. The molecule has 0 unspecified atom stereocenters. The summed E-state index contributed by atoms with van der Waals surface area (Å²) in [6.45, 7) is 3.36. The van der Waals surface area contributed by atoms with Crippen molar-refractivity contribution in [3.8, 4) is 5.69 Å². The molecule has 0 atom stereocenters. The lowest BCUT2D eigenvalue weighted by molar-refractivity contribution is -0.144. The molecule has 1 N–H and O–H groups in total. The van der Waals surface area contributed by atoms with E-state index in [1.54, 1.807) is 32.0 Å². The summed E-state index contributed by atoms with van der Waals surface area (Å²) >= 11 is 0. The average molecular weight is 298 g/mol. The van der Waals surface area contributed by atoms with Gasteiger partial charge in [-0.15, -0.1) is 0 Å². The molecule has 0 aliphatic carbocycles.